The van der Waals surface area contributed by atoms with E-state index in [1.54, 1.807) is 0 Å². The zero-order chi connectivity index (χ0) is 19.3. The van der Waals surface area contributed by atoms with Gasteiger partial charge in [-0.2, -0.15) is 0 Å². The molecule has 1 aliphatic heterocycles. The Morgan fingerprint density at radius 3 is 2.74 bits per heavy atom. The molecule has 1 saturated heterocycles. The fraction of sp³-hybridized carbons (Fsp3) is 0.571. The summed E-state index contributed by atoms with van der Waals surface area (Å²) in [7, 11) is 0. The van der Waals surface area contributed by atoms with Gasteiger partial charge in [0, 0.05) is 17.6 Å². The van der Waals surface area contributed by atoms with Crippen LogP contribution in [-0.4, -0.2) is 39.5 Å². The number of nitrogens with zero attached hydrogens (tertiary/aromatic N) is 2. The first-order valence-electron chi connectivity index (χ1n) is 9.70. The second-order valence-electron chi connectivity index (χ2n) is 8.90. The van der Waals surface area contributed by atoms with E-state index >= 15 is 0 Å². The van der Waals surface area contributed by atoms with Crippen molar-refractivity contribution in [3.63, 3.8) is 0 Å². The van der Waals surface area contributed by atoms with Crippen LogP contribution in [0.1, 0.15) is 61.0 Å². The van der Waals surface area contributed by atoms with E-state index in [9.17, 15) is 14.7 Å². The Bertz CT molecular complexity index is 912. The van der Waals surface area contributed by atoms with Gasteiger partial charge in [-0.25, -0.2) is 9.78 Å². The number of aromatic nitrogens is 1. The molecule has 2 aromatic heterocycles. The van der Waals surface area contributed by atoms with Crippen LogP contribution in [0.3, 0.4) is 0 Å². The van der Waals surface area contributed by atoms with Crippen molar-refractivity contribution in [2.75, 3.05) is 6.54 Å². The van der Waals surface area contributed by atoms with Gasteiger partial charge in [-0.15, -0.1) is 11.3 Å². The Morgan fingerprint density at radius 1 is 1.26 bits per heavy atom. The van der Waals surface area contributed by atoms with Crippen LogP contribution in [0.15, 0.2) is 12.1 Å². The fourth-order valence-electron chi connectivity index (χ4n) is 4.38. The summed E-state index contributed by atoms with van der Waals surface area (Å²) in [6.07, 6.45) is 4.46. The summed E-state index contributed by atoms with van der Waals surface area (Å²) in [4.78, 5) is 32.1. The maximum atomic E-state index is 12.9. The number of hydrogen-bond donors (Lipinski definition) is 1. The molecule has 6 heteroatoms. The van der Waals surface area contributed by atoms with Gasteiger partial charge < -0.3 is 10.0 Å². The molecular weight excluding hydrogens is 360 g/mol. The largest absolute Gasteiger partial charge is 0.480 e. The smallest absolute Gasteiger partial charge is 0.326 e. The third kappa shape index (κ3) is 3.35. The number of carbonyl (C=O) groups is 2. The van der Waals surface area contributed by atoms with Crippen molar-refractivity contribution in [3.05, 3.63) is 28.3 Å². The predicted octanol–water partition coefficient (Wildman–Crippen LogP) is 4.14. The molecule has 0 aromatic carbocycles. The maximum Gasteiger partial charge on any atom is 0.326 e. The van der Waals surface area contributed by atoms with Gasteiger partial charge in [0.2, 0.25) is 0 Å². The quantitative estimate of drug-likeness (QED) is 0.842. The number of pyridine rings is 1. The molecule has 5 nitrogen and oxygen atoms in total. The van der Waals surface area contributed by atoms with Crippen molar-refractivity contribution in [1.82, 2.24) is 9.88 Å². The van der Waals surface area contributed by atoms with Gasteiger partial charge in [0.25, 0.3) is 5.91 Å². The van der Waals surface area contributed by atoms with E-state index < -0.39 is 12.0 Å². The van der Waals surface area contributed by atoms with Gasteiger partial charge in [-0.05, 0) is 61.1 Å². The van der Waals surface area contributed by atoms with Crippen LogP contribution >= 0.6 is 11.3 Å². The zero-order valence-electron chi connectivity index (χ0n) is 16.1. The van der Waals surface area contributed by atoms with E-state index in [1.807, 2.05) is 6.07 Å². The highest BCUT2D eigenvalue weighted by Crippen LogP contribution is 2.38. The molecule has 1 amide bonds. The topological polar surface area (TPSA) is 70.5 Å². The number of aliphatic carboxylic acids is 1. The molecule has 27 heavy (non-hydrogen) atoms. The Kier molecular flexibility index (Phi) is 4.49. The van der Waals surface area contributed by atoms with E-state index in [-0.39, 0.29) is 11.3 Å². The highest BCUT2D eigenvalue weighted by Gasteiger charge is 2.35. The van der Waals surface area contributed by atoms with Crippen molar-refractivity contribution < 1.29 is 14.7 Å². The van der Waals surface area contributed by atoms with E-state index in [0.29, 0.717) is 23.8 Å². The molecule has 1 unspecified atom stereocenters. The Balaban J connectivity index is 1.64. The normalized spacial score (nSPS) is 22.9. The average Bonchev–Trinajstić information content (AvgIpc) is 3.24. The van der Waals surface area contributed by atoms with Crippen molar-refractivity contribution in [3.8, 4) is 0 Å². The first kappa shape index (κ1) is 18.4. The minimum atomic E-state index is -0.913. The van der Waals surface area contributed by atoms with Gasteiger partial charge in [-0.3, -0.25) is 4.79 Å². The molecule has 0 spiro atoms. The van der Waals surface area contributed by atoms with Gasteiger partial charge in [-0.1, -0.05) is 20.8 Å². The van der Waals surface area contributed by atoms with Crippen molar-refractivity contribution in [2.45, 2.75) is 58.9 Å². The van der Waals surface area contributed by atoms with Gasteiger partial charge >= 0.3 is 5.97 Å². The highest BCUT2D eigenvalue weighted by atomic mass is 32.1. The highest BCUT2D eigenvalue weighted by molar-refractivity contribution is 7.20. The van der Waals surface area contributed by atoms with Gasteiger partial charge in [0.1, 0.15) is 10.9 Å². The minimum Gasteiger partial charge on any atom is -0.480 e. The second kappa shape index (κ2) is 6.59. The lowest BCUT2D eigenvalue weighted by molar-refractivity contribution is -0.141. The number of hydrogen-bond acceptors (Lipinski definition) is 4. The number of carbonyl (C=O) groups excluding carboxylic acids is 1. The molecule has 0 saturated carbocycles. The molecule has 3 heterocycles. The number of amides is 1. The Labute approximate surface area is 163 Å². The monoisotopic (exact) mass is 386 g/mol. The van der Waals surface area contributed by atoms with Gasteiger partial charge in [0.15, 0.2) is 0 Å². The second-order valence-corrected chi connectivity index (χ2v) is 9.93. The van der Waals surface area contributed by atoms with Crippen LogP contribution in [0.25, 0.3) is 10.2 Å². The number of carboxylic acid groups (broad SMARTS) is 1. The zero-order valence-corrected chi connectivity index (χ0v) is 16.9. The van der Waals surface area contributed by atoms with Crippen molar-refractivity contribution in [1.29, 1.82) is 0 Å². The lowest BCUT2D eigenvalue weighted by atomic mass is 9.71. The fourth-order valence-corrected chi connectivity index (χ4v) is 5.37. The summed E-state index contributed by atoms with van der Waals surface area (Å²) in [5.74, 6) is -0.442. The van der Waals surface area contributed by atoms with Crippen LogP contribution in [-0.2, 0) is 17.6 Å². The van der Waals surface area contributed by atoms with Crippen molar-refractivity contribution >= 4 is 33.4 Å². The number of aryl methyl sites for hydroxylation is 1. The Morgan fingerprint density at radius 2 is 2.04 bits per heavy atom. The first-order chi connectivity index (χ1) is 12.7. The van der Waals surface area contributed by atoms with Crippen molar-refractivity contribution in [2.24, 2.45) is 11.3 Å². The summed E-state index contributed by atoms with van der Waals surface area (Å²) in [5.41, 5.74) is 2.74. The van der Waals surface area contributed by atoms with Gasteiger partial charge in [0.05, 0.1) is 4.88 Å². The predicted molar refractivity (Wildman–Crippen MR) is 106 cm³/mol. The van der Waals surface area contributed by atoms with E-state index in [4.69, 9.17) is 4.98 Å². The number of likely N-dealkylation sites (tertiary alicyclic amines) is 1. The minimum absolute atomic E-state index is 0.173. The summed E-state index contributed by atoms with van der Waals surface area (Å²) < 4.78 is 0. The molecule has 144 valence electrons. The number of rotatable bonds is 2. The van der Waals surface area contributed by atoms with Crippen LogP contribution in [0.4, 0.5) is 0 Å². The standard InChI is InChI=1S/C21H26N2O3S/c1-21(2,3)14-6-7-15-12(10-14)9-13-11-17(27-18(13)22-15)19(24)23-8-4-5-16(23)20(25)26/h9,11,14,16H,4-8,10H2,1-3H3,(H,25,26)/t14?,16-/m1/s1. The molecule has 1 aliphatic carbocycles. The van der Waals surface area contributed by atoms with E-state index in [0.717, 1.165) is 41.6 Å². The molecule has 4 rings (SSSR count). The SMILES string of the molecule is CC(C)(C)C1CCc2nc3sc(C(=O)N4CCC[C@@H]4C(=O)O)cc3cc2C1. The molecule has 0 radical (unpaired) electrons. The molecule has 0 bridgehead atoms. The summed E-state index contributed by atoms with van der Waals surface area (Å²) >= 11 is 1.39. The molecule has 1 N–H and O–H groups in total. The number of thiophene rings is 1. The summed E-state index contributed by atoms with van der Waals surface area (Å²) in [5, 5.41) is 10.4. The molecule has 2 atom stereocenters. The van der Waals surface area contributed by atoms with Crippen LogP contribution < -0.4 is 0 Å². The van der Waals surface area contributed by atoms with E-state index in [2.05, 4.69) is 26.8 Å². The summed E-state index contributed by atoms with van der Waals surface area (Å²) in [6, 6.07) is 3.39. The van der Waals surface area contributed by atoms with Crippen LogP contribution in [0.5, 0.6) is 0 Å². The molecule has 1 fully saturated rings. The third-order valence-electron chi connectivity index (χ3n) is 6.11. The molecule has 2 aliphatic rings. The summed E-state index contributed by atoms with van der Waals surface area (Å²) in [6.45, 7) is 7.40. The number of carboxylic acids is 1. The van der Waals surface area contributed by atoms with E-state index in [1.165, 1.54) is 21.8 Å². The maximum absolute atomic E-state index is 12.9. The lowest BCUT2D eigenvalue weighted by Gasteiger charge is -2.34. The van der Waals surface area contributed by atoms with Crippen LogP contribution in [0.2, 0.25) is 0 Å². The number of fused-ring (bicyclic) bond motifs is 2. The third-order valence-corrected chi connectivity index (χ3v) is 7.14. The lowest BCUT2D eigenvalue weighted by Crippen LogP contribution is -2.40. The molecular formula is C21H26N2O3S. The average molecular weight is 387 g/mol. The van der Waals surface area contributed by atoms with Crippen LogP contribution in [0, 0.1) is 11.3 Å². The Hall–Kier alpha value is -1.95. The first-order valence-corrected chi connectivity index (χ1v) is 10.5. The molecule has 2 aromatic rings.